The fourth-order valence-electron chi connectivity index (χ4n) is 2.40. The van der Waals surface area contributed by atoms with E-state index in [2.05, 4.69) is 5.32 Å². The highest BCUT2D eigenvalue weighted by Crippen LogP contribution is 2.16. The molecule has 21 heavy (non-hydrogen) atoms. The molecule has 1 N–H and O–H groups in total. The van der Waals surface area contributed by atoms with E-state index < -0.39 is 23.8 Å². The molecule has 0 aromatic carbocycles. The van der Waals surface area contributed by atoms with Crippen LogP contribution in [0.1, 0.15) is 41.1 Å². The molecule has 3 amide bonds. The molecule has 1 aliphatic rings. The van der Waals surface area contributed by atoms with Gasteiger partial charge < -0.3 is 9.47 Å². The summed E-state index contributed by atoms with van der Waals surface area (Å²) in [6.07, 6.45) is 1.97. The van der Waals surface area contributed by atoms with Crippen LogP contribution >= 0.6 is 0 Å². The first-order valence-electron chi connectivity index (χ1n) is 6.67. The molecule has 0 bridgehead atoms. The molecule has 2 rings (SSSR count). The van der Waals surface area contributed by atoms with Gasteiger partial charge in [-0.2, -0.15) is 0 Å². The Kier molecular flexibility index (Phi) is 3.93. The van der Waals surface area contributed by atoms with Crippen molar-refractivity contribution in [3.63, 3.8) is 0 Å². The quantitative estimate of drug-likeness (QED) is 0.632. The number of Topliss-reactive ketones (excluding diaryl/α,β-unsaturated/α-hetero) is 1. The molecule has 1 unspecified atom stereocenters. The number of imide groups is 1. The molecule has 1 fully saturated rings. The molecule has 1 atom stereocenters. The number of rotatable bonds is 3. The Bertz CT molecular complexity index is 632. The Balaban J connectivity index is 2.35. The summed E-state index contributed by atoms with van der Waals surface area (Å²) in [6.45, 7) is 3.02. The molecular formula is C14H17N3O4. The van der Waals surface area contributed by atoms with Crippen molar-refractivity contribution < 1.29 is 19.2 Å². The van der Waals surface area contributed by atoms with Gasteiger partial charge in [-0.15, -0.1) is 0 Å². The Morgan fingerprint density at radius 1 is 1.38 bits per heavy atom. The zero-order valence-corrected chi connectivity index (χ0v) is 12.2. The summed E-state index contributed by atoms with van der Waals surface area (Å²) in [5.74, 6) is -1.55. The van der Waals surface area contributed by atoms with E-state index >= 15 is 0 Å². The van der Waals surface area contributed by atoms with E-state index in [0.29, 0.717) is 12.0 Å². The largest absolute Gasteiger partial charge is 0.346 e. The van der Waals surface area contributed by atoms with Crippen LogP contribution < -0.4 is 5.32 Å². The number of hydrogen-bond acceptors (Lipinski definition) is 4. The van der Waals surface area contributed by atoms with E-state index in [-0.39, 0.29) is 18.0 Å². The number of aromatic nitrogens is 1. The highest BCUT2D eigenvalue weighted by atomic mass is 16.2. The van der Waals surface area contributed by atoms with Gasteiger partial charge in [0.25, 0.3) is 5.91 Å². The maximum atomic E-state index is 12.6. The topological polar surface area (TPSA) is 88.5 Å². The van der Waals surface area contributed by atoms with Crippen molar-refractivity contribution in [2.24, 2.45) is 7.05 Å². The molecule has 0 radical (unpaired) electrons. The van der Waals surface area contributed by atoms with Gasteiger partial charge in [0, 0.05) is 18.8 Å². The molecule has 112 valence electrons. The maximum absolute atomic E-state index is 12.6. The lowest BCUT2D eigenvalue weighted by molar-refractivity contribution is -0.138. The number of nitrogens with zero attached hydrogens (tertiary/aromatic N) is 2. The van der Waals surface area contributed by atoms with Gasteiger partial charge in [-0.1, -0.05) is 6.92 Å². The lowest BCUT2D eigenvalue weighted by Crippen LogP contribution is -2.59. The van der Waals surface area contributed by atoms with Gasteiger partial charge in [-0.25, -0.2) is 0 Å². The van der Waals surface area contributed by atoms with Crippen LogP contribution in [0.15, 0.2) is 12.3 Å². The minimum Gasteiger partial charge on any atom is -0.346 e. The summed E-state index contributed by atoms with van der Waals surface area (Å²) >= 11 is 0. The summed E-state index contributed by atoms with van der Waals surface area (Å²) < 4.78 is 1.53. The number of carbonyl (C=O) groups excluding carboxylic acids is 4. The predicted octanol–water partition coefficient (Wildman–Crippen LogP) is 0.105. The Morgan fingerprint density at radius 3 is 2.57 bits per heavy atom. The third-order valence-corrected chi connectivity index (χ3v) is 3.53. The van der Waals surface area contributed by atoms with Crippen molar-refractivity contribution in [1.29, 1.82) is 0 Å². The van der Waals surface area contributed by atoms with Crippen molar-refractivity contribution in [3.8, 4) is 0 Å². The first-order valence-corrected chi connectivity index (χ1v) is 6.67. The average molecular weight is 291 g/mol. The second kappa shape index (κ2) is 5.51. The van der Waals surface area contributed by atoms with Gasteiger partial charge in [0.05, 0.1) is 0 Å². The van der Waals surface area contributed by atoms with Crippen molar-refractivity contribution in [1.82, 2.24) is 14.8 Å². The number of carbonyl (C=O) groups is 4. The van der Waals surface area contributed by atoms with Gasteiger partial charge in [0.1, 0.15) is 18.3 Å². The summed E-state index contributed by atoms with van der Waals surface area (Å²) in [5, 5.41) is 2.22. The van der Waals surface area contributed by atoms with E-state index in [0.717, 1.165) is 0 Å². The maximum Gasteiger partial charge on any atom is 0.271 e. The second-order valence-electron chi connectivity index (χ2n) is 5.05. The normalized spacial score (nSPS) is 18.6. The smallest absolute Gasteiger partial charge is 0.271 e. The van der Waals surface area contributed by atoms with Crippen LogP contribution in [-0.4, -0.2) is 45.6 Å². The first kappa shape index (κ1) is 15.0. The Morgan fingerprint density at radius 2 is 2.05 bits per heavy atom. The fourth-order valence-corrected chi connectivity index (χ4v) is 2.40. The summed E-state index contributed by atoms with van der Waals surface area (Å²) in [7, 11) is 1.65. The molecule has 7 nitrogen and oxygen atoms in total. The lowest BCUT2D eigenvalue weighted by atomic mass is 10.1. The number of piperazine rings is 1. The molecule has 0 saturated carbocycles. The number of ketones is 1. The van der Waals surface area contributed by atoms with E-state index in [1.54, 1.807) is 20.2 Å². The van der Waals surface area contributed by atoms with Gasteiger partial charge in [0.2, 0.25) is 11.8 Å². The molecule has 1 aromatic rings. The monoisotopic (exact) mass is 291 g/mol. The molecule has 1 aromatic heterocycles. The summed E-state index contributed by atoms with van der Waals surface area (Å²) in [5.41, 5.74) is 0.697. The van der Waals surface area contributed by atoms with Crippen LogP contribution in [0.2, 0.25) is 0 Å². The average Bonchev–Trinajstić information content (AvgIpc) is 2.79. The predicted molar refractivity (Wildman–Crippen MR) is 73.7 cm³/mol. The van der Waals surface area contributed by atoms with Crippen molar-refractivity contribution in [2.45, 2.75) is 26.3 Å². The number of amides is 3. The Labute approximate surface area is 121 Å². The molecule has 0 aliphatic carbocycles. The highest BCUT2D eigenvalue weighted by Gasteiger charge is 2.36. The van der Waals surface area contributed by atoms with Crippen LogP contribution in [0.5, 0.6) is 0 Å². The van der Waals surface area contributed by atoms with E-state index in [1.807, 2.05) is 0 Å². The lowest BCUT2D eigenvalue weighted by Gasteiger charge is -2.33. The second-order valence-corrected chi connectivity index (χ2v) is 5.05. The van der Waals surface area contributed by atoms with Crippen molar-refractivity contribution >= 4 is 23.5 Å². The molecule has 0 spiro atoms. The first-order chi connectivity index (χ1) is 9.85. The van der Waals surface area contributed by atoms with Gasteiger partial charge in [0.15, 0.2) is 5.78 Å². The van der Waals surface area contributed by atoms with E-state index in [4.69, 9.17) is 0 Å². The van der Waals surface area contributed by atoms with Crippen LogP contribution in [-0.2, 0) is 16.6 Å². The Hall–Kier alpha value is -2.44. The van der Waals surface area contributed by atoms with Crippen molar-refractivity contribution in [3.05, 3.63) is 23.5 Å². The van der Waals surface area contributed by atoms with Gasteiger partial charge in [-0.3, -0.25) is 24.5 Å². The summed E-state index contributed by atoms with van der Waals surface area (Å²) in [4.78, 5) is 48.5. The zero-order chi connectivity index (χ0) is 15.7. The minimum absolute atomic E-state index is 0.149. The standard InChI is InChI=1S/C14H17N3O4/c1-4-10-13(20)15-12(19)7-17(10)14(21)11-5-9(8(2)18)6-16(11)3/h5-6,10H,4,7H2,1-3H3,(H,15,19,20). The molecule has 2 heterocycles. The van der Waals surface area contributed by atoms with Crippen molar-refractivity contribution in [2.75, 3.05) is 6.54 Å². The number of nitrogens with one attached hydrogen (secondary N) is 1. The number of aryl methyl sites for hydroxylation is 1. The molecule has 1 saturated heterocycles. The molecular weight excluding hydrogens is 274 g/mol. The third-order valence-electron chi connectivity index (χ3n) is 3.53. The number of hydrogen-bond donors (Lipinski definition) is 1. The van der Waals surface area contributed by atoms with Crippen LogP contribution in [0, 0.1) is 0 Å². The SMILES string of the molecule is CCC1C(=O)NC(=O)CN1C(=O)c1cc(C(C)=O)cn1C. The van der Waals surface area contributed by atoms with E-state index in [1.165, 1.54) is 22.5 Å². The summed E-state index contributed by atoms with van der Waals surface area (Å²) in [6, 6.07) is 0.805. The highest BCUT2D eigenvalue weighted by molar-refractivity contribution is 6.07. The third kappa shape index (κ3) is 2.72. The molecule has 1 aliphatic heterocycles. The van der Waals surface area contributed by atoms with Crippen LogP contribution in [0.4, 0.5) is 0 Å². The van der Waals surface area contributed by atoms with Crippen LogP contribution in [0.3, 0.4) is 0 Å². The zero-order valence-electron chi connectivity index (χ0n) is 12.2. The molecule has 7 heteroatoms. The van der Waals surface area contributed by atoms with Crippen LogP contribution in [0.25, 0.3) is 0 Å². The van der Waals surface area contributed by atoms with Gasteiger partial charge in [-0.05, 0) is 19.4 Å². The minimum atomic E-state index is -0.675. The van der Waals surface area contributed by atoms with Gasteiger partial charge >= 0.3 is 0 Å². The van der Waals surface area contributed by atoms with E-state index in [9.17, 15) is 19.2 Å². The fraction of sp³-hybridized carbons (Fsp3) is 0.429.